The Morgan fingerprint density at radius 2 is 1.65 bits per heavy atom. The molecule has 0 aliphatic heterocycles. The summed E-state index contributed by atoms with van der Waals surface area (Å²) in [6.45, 7) is 10.1. The number of rotatable bonds is 2. The molecule has 2 amide bonds. The van der Waals surface area contributed by atoms with Gasteiger partial charge in [-0.15, -0.1) is 4.90 Å². The molecule has 3 rings (SSSR count). The largest absolute Gasteiger partial charge is 0.443 e. The Hall–Kier alpha value is -3.43. The number of hydrogen-bond acceptors (Lipinski definition) is 7. The second kappa shape index (κ2) is 7.68. The van der Waals surface area contributed by atoms with Gasteiger partial charge in [-0.05, 0) is 54.4 Å². The number of fused-ring (bicyclic) bond motifs is 3. The maximum atomic E-state index is 12.8. The summed E-state index contributed by atoms with van der Waals surface area (Å²) in [4.78, 5) is 44.8. The first-order valence-electron chi connectivity index (χ1n) is 9.88. The monoisotopic (exact) mass is 430 g/mol. The zero-order valence-corrected chi connectivity index (χ0v) is 18.4. The molecular formula is C21H26N4O6. The van der Waals surface area contributed by atoms with Gasteiger partial charge in [0.15, 0.2) is 0 Å². The minimum absolute atomic E-state index is 0.0174. The summed E-state index contributed by atoms with van der Waals surface area (Å²) in [5.41, 5.74) is 0.597. The van der Waals surface area contributed by atoms with Gasteiger partial charge in [0.05, 0.1) is 10.6 Å². The van der Waals surface area contributed by atoms with Gasteiger partial charge in [-0.25, -0.2) is 14.6 Å². The fourth-order valence-electron chi connectivity index (χ4n) is 3.25. The highest BCUT2D eigenvalue weighted by Crippen LogP contribution is 2.38. The minimum atomic E-state index is -0.938. The van der Waals surface area contributed by atoms with E-state index in [2.05, 4.69) is 9.97 Å². The van der Waals surface area contributed by atoms with Crippen LogP contribution in [0.15, 0.2) is 18.2 Å². The summed E-state index contributed by atoms with van der Waals surface area (Å²) < 4.78 is 10.8. The number of carbonyl (C=O) groups excluding carboxylic acids is 2. The highest BCUT2D eigenvalue weighted by Gasteiger charge is 2.36. The molecule has 10 nitrogen and oxygen atoms in total. The van der Waals surface area contributed by atoms with Crippen LogP contribution in [0.25, 0.3) is 11.3 Å². The predicted molar refractivity (Wildman–Crippen MR) is 113 cm³/mol. The first-order valence-corrected chi connectivity index (χ1v) is 9.88. The SMILES string of the molecule is CC(C)(C)OC(=O)N(C(=O)OC(C)(C)C)c1nc2c([nH]1)CCc1c-2cccc1[N+](=O)[O-]. The Bertz CT molecular complexity index is 1020. The van der Waals surface area contributed by atoms with E-state index in [0.717, 1.165) is 0 Å². The van der Waals surface area contributed by atoms with Crippen LogP contribution in [0.2, 0.25) is 0 Å². The topological polar surface area (TPSA) is 128 Å². The molecule has 0 fully saturated rings. The van der Waals surface area contributed by atoms with Gasteiger partial charge in [0.1, 0.15) is 11.2 Å². The van der Waals surface area contributed by atoms with E-state index >= 15 is 0 Å². The summed E-state index contributed by atoms with van der Waals surface area (Å²) in [6, 6.07) is 4.77. The second-order valence-electron chi connectivity index (χ2n) is 9.24. The standard InChI is InChI=1S/C21H26N4O6/c1-20(2,3)30-18(26)24(19(27)31-21(4,5)6)17-22-14-11-10-12-13(16(14)23-17)8-7-9-15(12)25(28)29/h7-9H,10-11H2,1-6H3,(H,22,23). The normalized spacial score (nSPS) is 13.1. The summed E-state index contributed by atoms with van der Waals surface area (Å²) in [5, 5.41) is 11.4. The van der Waals surface area contributed by atoms with Crippen LogP contribution in [0.5, 0.6) is 0 Å². The van der Waals surface area contributed by atoms with Crippen molar-refractivity contribution in [2.24, 2.45) is 0 Å². The van der Waals surface area contributed by atoms with Gasteiger partial charge in [0.25, 0.3) is 5.69 Å². The third kappa shape index (κ3) is 4.84. The van der Waals surface area contributed by atoms with Crippen molar-refractivity contribution in [1.82, 2.24) is 9.97 Å². The number of hydrogen-bond donors (Lipinski definition) is 1. The molecule has 1 aliphatic carbocycles. The molecule has 31 heavy (non-hydrogen) atoms. The van der Waals surface area contributed by atoms with Gasteiger partial charge in [0, 0.05) is 22.9 Å². The van der Waals surface area contributed by atoms with Crippen LogP contribution in [0.1, 0.15) is 52.8 Å². The maximum Gasteiger partial charge on any atom is 0.427 e. The van der Waals surface area contributed by atoms with E-state index < -0.39 is 28.3 Å². The number of imide groups is 1. The number of nitrogens with zero attached hydrogens (tertiary/aromatic N) is 3. The van der Waals surface area contributed by atoms with Gasteiger partial charge in [-0.1, -0.05) is 12.1 Å². The molecule has 1 aliphatic rings. The number of H-pyrrole nitrogens is 1. The Balaban J connectivity index is 2.06. The third-order valence-corrected chi connectivity index (χ3v) is 4.36. The van der Waals surface area contributed by atoms with Crippen molar-refractivity contribution in [2.75, 3.05) is 4.90 Å². The average Bonchev–Trinajstić information content (AvgIpc) is 3.01. The van der Waals surface area contributed by atoms with Crippen molar-refractivity contribution in [1.29, 1.82) is 0 Å². The molecular weight excluding hydrogens is 404 g/mol. The Kier molecular flexibility index (Phi) is 5.51. The molecule has 1 N–H and O–H groups in total. The molecule has 0 unspecified atom stereocenters. The average molecular weight is 430 g/mol. The number of anilines is 1. The molecule has 1 heterocycles. The molecule has 10 heteroatoms. The van der Waals surface area contributed by atoms with Crippen LogP contribution < -0.4 is 4.90 Å². The van der Waals surface area contributed by atoms with E-state index in [1.54, 1.807) is 53.7 Å². The lowest BCUT2D eigenvalue weighted by Crippen LogP contribution is -2.44. The summed E-state index contributed by atoms with van der Waals surface area (Å²) in [7, 11) is 0. The smallest absolute Gasteiger partial charge is 0.427 e. The molecule has 0 spiro atoms. The zero-order valence-electron chi connectivity index (χ0n) is 18.4. The summed E-state index contributed by atoms with van der Waals surface area (Å²) >= 11 is 0. The van der Waals surface area contributed by atoms with E-state index in [-0.39, 0.29) is 11.6 Å². The van der Waals surface area contributed by atoms with Crippen LogP contribution >= 0.6 is 0 Å². The summed E-state index contributed by atoms with van der Waals surface area (Å²) in [5.74, 6) is -0.0622. The lowest BCUT2D eigenvalue weighted by Gasteiger charge is -2.27. The molecule has 0 bridgehead atoms. The van der Waals surface area contributed by atoms with Gasteiger partial charge < -0.3 is 14.5 Å². The van der Waals surface area contributed by atoms with E-state index in [1.807, 2.05) is 0 Å². The first kappa shape index (κ1) is 22.3. The van der Waals surface area contributed by atoms with Crippen LogP contribution in [0.3, 0.4) is 0 Å². The summed E-state index contributed by atoms with van der Waals surface area (Å²) in [6.07, 6.45) is -1.00. The molecule has 1 aromatic carbocycles. The lowest BCUT2D eigenvalue weighted by molar-refractivity contribution is -0.385. The zero-order chi connectivity index (χ0) is 23.1. The fraction of sp³-hybridized carbons (Fsp3) is 0.476. The van der Waals surface area contributed by atoms with Gasteiger partial charge in [0.2, 0.25) is 5.95 Å². The highest BCUT2D eigenvalue weighted by molar-refractivity contribution is 6.08. The lowest BCUT2D eigenvalue weighted by atomic mass is 9.91. The molecule has 1 aromatic heterocycles. The van der Waals surface area contributed by atoms with Crippen LogP contribution in [0.4, 0.5) is 21.2 Å². The van der Waals surface area contributed by atoms with Gasteiger partial charge >= 0.3 is 12.2 Å². The molecule has 166 valence electrons. The van der Waals surface area contributed by atoms with Crippen molar-refractivity contribution in [3.05, 3.63) is 39.6 Å². The minimum Gasteiger partial charge on any atom is -0.443 e. The maximum absolute atomic E-state index is 12.8. The van der Waals surface area contributed by atoms with E-state index in [9.17, 15) is 19.7 Å². The number of nitrogens with one attached hydrogen (secondary N) is 1. The molecule has 0 atom stereocenters. The number of aromatic amines is 1. The highest BCUT2D eigenvalue weighted by atomic mass is 16.6. The van der Waals surface area contributed by atoms with Crippen molar-refractivity contribution >= 4 is 23.8 Å². The number of nitro groups is 1. The number of nitro benzene ring substituents is 1. The molecule has 0 saturated heterocycles. The molecule has 0 radical (unpaired) electrons. The van der Waals surface area contributed by atoms with Gasteiger partial charge in [-0.2, -0.15) is 0 Å². The predicted octanol–water partition coefficient (Wildman–Crippen LogP) is 4.76. The third-order valence-electron chi connectivity index (χ3n) is 4.36. The Labute approximate surface area is 179 Å². The number of imidazole rings is 1. The number of benzene rings is 1. The van der Waals surface area contributed by atoms with Crippen molar-refractivity contribution < 1.29 is 24.0 Å². The second-order valence-corrected chi connectivity index (χ2v) is 9.24. The number of ether oxygens (including phenoxy) is 2. The van der Waals surface area contributed by atoms with Crippen LogP contribution in [0, 0.1) is 10.1 Å². The number of aromatic nitrogens is 2. The van der Waals surface area contributed by atoms with Crippen molar-refractivity contribution in [3.63, 3.8) is 0 Å². The number of carbonyl (C=O) groups is 2. The van der Waals surface area contributed by atoms with Crippen LogP contribution in [-0.2, 0) is 22.3 Å². The van der Waals surface area contributed by atoms with Gasteiger partial charge in [-0.3, -0.25) is 10.1 Å². The van der Waals surface area contributed by atoms with E-state index in [4.69, 9.17) is 9.47 Å². The van der Waals surface area contributed by atoms with Crippen molar-refractivity contribution in [3.8, 4) is 11.3 Å². The Morgan fingerprint density at radius 3 is 2.16 bits per heavy atom. The van der Waals surface area contributed by atoms with E-state index in [0.29, 0.717) is 40.3 Å². The Morgan fingerprint density at radius 1 is 1.06 bits per heavy atom. The number of amides is 2. The van der Waals surface area contributed by atoms with E-state index in [1.165, 1.54) is 6.07 Å². The van der Waals surface area contributed by atoms with Crippen LogP contribution in [-0.4, -0.2) is 38.3 Å². The molecule has 2 aromatic rings. The first-order chi connectivity index (χ1) is 14.3. The number of aryl methyl sites for hydroxylation is 1. The fourth-order valence-corrected chi connectivity index (χ4v) is 3.25. The quantitative estimate of drug-likeness (QED) is 0.537. The van der Waals surface area contributed by atoms with Crippen molar-refractivity contribution in [2.45, 2.75) is 65.6 Å². The molecule has 0 saturated carbocycles.